The summed E-state index contributed by atoms with van der Waals surface area (Å²) in [6.07, 6.45) is 0.255. The van der Waals surface area contributed by atoms with E-state index in [9.17, 15) is 13.2 Å². The number of benzene rings is 2. The average molecular weight is 467 g/mol. The van der Waals surface area contributed by atoms with Crippen LogP contribution < -0.4 is 4.74 Å². The number of hydrogen-bond donors (Lipinski definition) is 0. The molecule has 0 aromatic heterocycles. The van der Waals surface area contributed by atoms with Crippen molar-refractivity contribution < 1.29 is 22.7 Å². The largest absolute Gasteiger partial charge is 0.478 e. The number of rotatable bonds is 10. The van der Waals surface area contributed by atoms with E-state index in [-0.39, 0.29) is 23.2 Å². The van der Waals surface area contributed by atoms with E-state index in [1.165, 1.54) is 0 Å². The van der Waals surface area contributed by atoms with Crippen molar-refractivity contribution in [1.82, 2.24) is 0 Å². The maximum Gasteiger partial charge on any atom is 0.347 e. The first kappa shape index (κ1) is 25.2. The molecule has 0 fully saturated rings. The van der Waals surface area contributed by atoms with Crippen molar-refractivity contribution in [3.63, 3.8) is 0 Å². The molecule has 0 saturated carbocycles. The van der Waals surface area contributed by atoms with Crippen LogP contribution in [0.25, 0.3) is 11.1 Å². The van der Waals surface area contributed by atoms with Crippen molar-refractivity contribution in [2.45, 2.75) is 58.5 Å². The second kappa shape index (κ2) is 11.0. The van der Waals surface area contributed by atoms with Gasteiger partial charge in [0.2, 0.25) is 0 Å². The Morgan fingerprint density at radius 3 is 2.39 bits per heavy atom. The molecular formula is C24H31ClO5S. The van der Waals surface area contributed by atoms with Crippen LogP contribution in [0.2, 0.25) is 5.02 Å². The van der Waals surface area contributed by atoms with Crippen molar-refractivity contribution in [3.05, 3.63) is 47.0 Å². The third kappa shape index (κ3) is 6.71. The van der Waals surface area contributed by atoms with Crippen LogP contribution in [-0.4, -0.2) is 32.9 Å². The highest BCUT2D eigenvalue weighted by molar-refractivity contribution is 7.91. The standard InChI is InChI=1S/C24H31ClO5S/c1-6-12-31(27,28)19-10-8-17(5)20(15-19)21-14-18(25)9-11-22(21)30-23(13-16(3)4)24(26)29-7-2/h8-11,14-16,23H,6-7,12-13H2,1-5H3. The molecule has 0 amide bonds. The third-order valence-electron chi connectivity index (χ3n) is 4.78. The van der Waals surface area contributed by atoms with E-state index in [4.69, 9.17) is 21.1 Å². The maximum absolute atomic E-state index is 12.6. The van der Waals surface area contributed by atoms with E-state index in [1.54, 1.807) is 43.3 Å². The Bertz CT molecular complexity index is 1010. The topological polar surface area (TPSA) is 69.7 Å². The molecule has 0 aliphatic carbocycles. The number of carbonyl (C=O) groups is 1. The summed E-state index contributed by atoms with van der Waals surface area (Å²) in [6, 6.07) is 10.2. The van der Waals surface area contributed by atoms with Gasteiger partial charge in [-0.1, -0.05) is 38.4 Å². The lowest BCUT2D eigenvalue weighted by Crippen LogP contribution is -2.31. The SMILES string of the molecule is CCCS(=O)(=O)c1ccc(C)c(-c2cc(Cl)ccc2OC(CC(C)C)C(=O)OCC)c1. The Morgan fingerprint density at radius 2 is 1.77 bits per heavy atom. The molecule has 0 spiro atoms. The summed E-state index contributed by atoms with van der Waals surface area (Å²) in [5.74, 6) is 0.326. The van der Waals surface area contributed by atoms with Crippen LogP contribution in [0.1, 0.15) is 46.1 Å². The van der Waals surface area contributed by atoms with Gasteiger partial charge in [-0.3, -0.25) is 0 Å². The van der Waals surface area contributed by atoms with Gasteiger partial charge in [0, 0.05) is 10.6 Å². The highest BCUT2D eigenvalue weighted by Crippen LogP contribution is 2.37. The van der Waals surface area contributed by atoms with Gasteiger partial charge in [-0.05, 0) is 74.1 Å². The van der Waals surface area contributed by atoms with E-state index < -0.39 is 21.9 Å². The van der Waals surface area contributed by atoms with Gasteiger partial charge in [0.1, 0.15) is 5.75 Å². The normalized spacial score (nSPS) is 12.6. The Balaban J connectivity index is 2.56. The van der Waals surface area contributed by atoms with Crippen molar-refractivity contribution in [2.75, 3.05) is 12.4 Å². The molecule has 0 saturated heterocycles. The van der Waals surface area contributed by atoms with Crippen LogP contribution in [0.5, 0.6) is 5.75 Å². The van der Waals surface area contributed by atoms with Gasteiger partial charge in [0.15, 0.2) is 15.9 Å². The van der Waals surface area contributed by atoms with E-state index in [2.05, 4.69) is 0 Å². The lowest BCUT2D eigenvalue weighted by Gasteiger charge is -2.22. The molecule has 2 aromatic rings. The molecule has 2 rings (SSSR count). The first-order valence-electron chi connectivity index (χ1n) is 10.6. The molecule has 0 bridgehead atoms. The molecule has 1 unspecified atom stereocenters. The van der Waals surface area contributed by atoms with Crippen LogP contribution in [0.4, 0.5) is 0 Å². The summed E-state index contributed by atoms with van der Waals surface area (Å²) in [6.45, 7) is 9.76. The molecule has 5 nitrogen and oxygen atoms in total. The van der Waals surface area contributed by atoms with Gasteiger partial charge >= 0.3 is 5.97 Å². The fourth-order valence-electron chi connectivity index (χ4n) is 3.30. The third-order valence-corrected chi connectivity index (χ3v) is 6.93. The second-order valence-electron chi connectivity index (χ2n) is 7.92. The highest BCUT2D eigenvalue weighted by Gasteiger charge is 2.25. The van der Waals surface area contributed by atoms with Crippen molar-refractivity contribution in [3.8, 4) is 16.9 Å². The van der Waals surface area contributed by atoms with Crippen molar-refractivity contribution >= 4 is 27.4 Å². The molecule has 31 heavy (non-hydrogen) atoms. The Hall–Kier alpha value is -2.05. The summed E-state index contributed by atoms with van der Waals surface area (Å²) >= 11 is 6.27. The lowest BCUT2D eigenvalue weighted by molar-refractivity contribution is -0.152. The number of sulfone groups is 1. The molecule has 7 heteroatoms. The Morgan fingerprint density at radius 1 is 1.06 bits per heavy atom. The average Bonchev–Trinajstić information content (AvgIpc) is 2.68. The predicted octanol–water partition coefficient (Wildman–Crippen LogP) is 5.86. The van der Waals surface area contributed by atoms with Crippen LogP contribution in [0, 0.1) is 12.8 Å². The Kier molecular flexibility index (Phi) is 8.95. The van der Waals surface area contributed by atoms with Gasteiger partial charge < -0.3 is 9.47 Å². The minimum atomic E-state index is -3.39. The number of hydrogen-bond acceptors (Lipinski definition) is 5. The van der Waals surface area contributed by atoms with E-state index in [0.29, 0.717) is 34.7 Å². The van der Waals surface area contributed by atoms with Crippen molar-refractivity contribution in [2.24, 2.45) is 5.92 Å². The molecule has 1 atom stereocenters. The first-order chi connectivity index (χ1) is 14.6. The van der Waals surface area contributed by atoms with E-state index in [0.717, 1.165) is 5.56 Å². The fourth-order valence-corrected chi connectivity index (χ4v) is 4.81. The van der Waals surface area contributed by atoms with Gasteiger partial charge in [-0.25, -0.2) is 13.2 Å². The molecule has 0 N–H and O–H groups in total. The zero-order chi connectivity index (χ0) is 23.2. The quantitative estimate of drug-likeness (QED) is 0.410. The highest BCUT2D eigenvalue weighted by atomic mass is 35.5. The number of halogens is 1. The van der Waals surface area contributed by atoms with Gasteiger partial charge in [0.05, 0.1) is 17.3 Å². The maximum atomic E-state index is 12.6. The summed E-state index contributed by atoms with van der Waals surface area (Å²) in [5.41, 5.74) is 2.21. The van der Waals surface area contributed by atoms with E-state index in [1.807, 2.05) is 27.7 Å². The van der Waals surface area contributed by atoms with Gasteiger partial charge in [0.25, 0.3) is 0 Å². The zero-order valence-corrected chi connectivity index (χ0v) is 20.3. The molecule has 0 aliphatic rings. The lowest BCUT2D eigenvalue weighted by atomic mass is 9.99. The zero-order valence-electron chi connectivity index (χ0n) is 18.8. The molecule has 0 heterocycles. The smallest absolute Gasteiger partial charge is 0.347 e. The molecule has 2 aromatic carbocycles. The van der Waals surface area contributed by atoms with Crippen LogP contribution >= 0.6 is 11.6 Å². The molecule has 0 radical (unpaired) electrons. The second-order valence-corrected chi connectivity index (χ2v) is 10.5. The number of ether oxygens (including phenoxy) is 2. The van der Waals surface area contributed by atoms with Crippen LogP contribution in [-0.2, 0) is 19.4 Å². The minimum absolute atomic E-state index is 0.0771. The molecular weight excluding hydrogens is 436 g/mol. The number of esters is 1. The minimum Gasteiger partial charge on any atom is -0.478 e. The summed E-state index contributed by atoms with van der Waals surface area (Å²) in [7, 11) is -3.39. The fraction of sp³-hybridized carbons (Fsp3) is 0.458. The molecule has 0 aliphatic heterocycles. The monoisotopic (exact) mass is 466 g/mol. The van der Waals surface area contributed by atoms with Crippen LogP contribution in [0.15, 0.2) is 41.3 Å². The van der Waals surface area contributed by atoms with E-state index >= 15 is 0 Å². The molecule has 170 valence electrons. The van der Waals surface area contributed by atoms with Crippen molar-refractivity contribution in [1.29, 1.82) is 0 Å². The predicted molar refractivity (Wildman–Crippen MR) is 124 cm³/mol. The number of aryl methyl sites for hydroxylation is 1. The first-order valence-corrected chi connectivity index (χ1v) is 12.6. The summed E-state index contributed by atoms with van der Waals surface area (Å²) in [4.78, 5) is 12.7. The van der Waals surface area contributed by atoms with Crippen LogP contribution in [0.3, 0.4) is 0 Å². The van der Waals surface area contributed by atoms with Gasteiger partial charge in [-0.15, -0.1) is 0 Å². The number of carbonyl (C=O) groups excluding carboxylic acids is 1. The Labute approximate surface area is 190 Å². The van der Waals surface area contributed by atoms with Gasteiger partial charge in [-0.2, -0.15) is 0 Å². The summed E-state index contributed by atoms with van der Waals surface area (Å²) < 4.78 is 36.6. The summed E-state index contributed by atoms with van der Waals surface area (Å²) in [5, 5.41) is 0.486.